The molecule has 2 rings (SSSR count). The number of aromatic carboxylic acids is 1. The summed E-state index contributed by atoms with van der Waals surface area (Å²) < 4.78 is 0. The number of hydrogen-bond donors (Lipinski definition) is 1. The van der Waals surface area contributed by atoms with Crippen LogP contribution in [-0.4, -0.2) is 50.7 Å². The molecule has 1 heterocycles. The Morgan fingerprint density at radius 1 is 1.12 bits per heavy atom. The van der Waals surface area contributed by atoms with Gasteiger partial charge in [-0.15, -0.1) is 0 Å². The topological polar surface area (TPSA) is 66.8 Å². The second kappa shape index (κ2) is 6.95. The summed E-state index contributed by atoms with van der Waals surface area (Å²) in [5, 5.41) is 23.7. The second-order valence-corrected chi connectivity index (χ2v) is 8.67. The number of hydrogen-bond acceptors (Lipinski definition) is 5. The van der Waals surface area contributed by atoms with Crippen molar-refractivity contribution in [3.8, 4) is 0 Å². The van der Waals surface area contributed by atoms with Crippen LogP contribution in [-0.2, 0) is 5.60 Å². The fraction of sp³-hybridized carbons (Fsp3) is 0.667. The molecule has 1 aromatic rings. The van der Waals surface area contributed by atoms with Gasteiger partial charge in [0.1, 0.15) is 5.60 Å². The minimum Gasteiger partial charge on any atom is -0.545 e. The van der Waals surface area contributed by atoms with E-state index in [-0.39, 0.29) is 29.9 Å². The summed E-state index contributed by atoms with van der Waals surface area (Å²) >= 11 is 0. The van der Waals surface area contributed by atoms with Gasteiger partial charge >= 0.3 is 0 Å². The second-order valence-electron chi connectivity index (χ2n) is 8.67. The van der Waals surface area contributed by atoms with Crippen LogP contribution in [0.15, 0.2) is 24.3 Å². The molecular formula is C21H33N2O3-. The van der Waals surface area contributed by atoms with Crippen LogP contribution in [0.5, 0.6) is 0 Å². The van der Waals surface area contributed by atoms with Crippen molar-refractivity contribution in [3.63, 3.8) is 0 Å². The van der Waals surface area contributed by atoms with Crippen molar-refractivity contribution in [1.82, 2.24) is 9.80 Å². The van der Waals surface area contributed by atoms with Crippen LogP contribution in [0, 0.1) is 0 Å². The molecule has 0 aromatic heterocycles. The molecule has 1 aromatic carbocycles. The maximum Gasteiger partial charge on any atom is 0.137 e. The summed E-state index contributed by atoms with van der Waals surface area (Å²) in [6.45, 7) is 16.6. The molecule has 1 N–H and O–H groups in total. The third kappa shape index (κ3) is 2.86. The van der Waals surface area contributed by atoms with E-state index < -0.39 is 17.1 Å². The Labute approximate surface area is 157 Å². The number of carboxylic acids is 1. The summed E-state index contributed by atoms with van der Waals surface area (Å²) in [6.07, 6.45) is -0.321. The molecule has 0 spiro atoms. The minimum absolute atomic E-state index is 0.0592. The lowest BCUT2D eigenvalue weighted by atomic mass is 9.62. The highest BCUT2D eigenvalue weighted by Gasteiger charge is 2.69. The van der Waals surface area contributed by atoms with Crippen LogP contribution in [0.25, 0.3) is 0 Å². The minimum atomic E-state index is -1.33. The van der Waals surface area contributed by atoms with Gasteiger partial charge in [-0.05, 0) is 61.0 Å². The van der Waals surface area contributed by atoms with Gasteiger partial charge in [0.15, 0.2) is 0 Å². The molecule has 0 aliphatic carbocycles. The molecule has 0 radical (unpaired) electrons. The molecule has 5 nitrogen and oxygen atoms in total. The molecule has 1 aliphatic rings. The third-order valence-corrected chi connectivity index (χ3v) is 5.80. The zero-order valence-electron chi connectivity index (χ0n) is 17.3. The molecular weight excluding hydrogens is 328 g/mol. The Morgan fingerprint density at radius 2 is 1.62 bits per heavy atom. The molecule has 146 valence electrons. The summed E-state index contributed by atoms with van der Waals surface area (Å²) in [7, 11) is 0. The first-order chi connectivity index (χ1) is 11.9. The molecule has 1 saturated heterocycles. The average Bonchev–Trinajstić information content (AvgIpc) is 2.52. The van der Waals surface area contributed by atoms with Crippen molar-refractivity contribution < 1.29 is 15.0 Å². The first-order valence-electron chi connectivity index (χ1n) is 9.48. The van der Waals surface area contributed by atoms with Crippen LogP contribution < -0.4 is 5.11 Å². The first-order valence-corrected chi connectivity index (χ1v) is 9.48. The molecule has 26 heavy (non-hydrogen) atoms. The predicted molar refractivity (Wildman–Crippen MR) is 102 cm³/mol. The lowest BCUT2D eigenvalue weighted by Gasteiger charge is -2.71. The first kappa shape index (κ1) is 20.9. The highest BCUT2D eigenvalue weighted by molar-refractivity contribution is 5.88. The molecule has 0 saturated carbocycles. The Hall–Kier alpha value is -1.43. The smallest absolute Gasteiger partial charge is 0.137 e. The van der Waals surface area contributed by atoms with Crippen molar-refractivity contribution in [2.45, 2.75) is 90.8 Å². The third-order valence-electron chi connectivity index (χ3n) is 5.80. The normalized spacial score (nSPS) is 26.0. The van der Waals surface area contributed by atoms with E-state index in [4.69, 9.17) is 0 Å². The van der Waals surface area contributed by atoms with E-state index in [1.165, 1.54) is 6.07 Å². The van der Waals surface area contributed by atoms with Gasteiger partial charge < -0.3 is 15.0 Å². The van der Waals surface area contributed by atoms with Crippen LogP contribution >= 0.6 is 0 Å². The van der Waals surface area contributed by atoms with Gasteiger partial charge in [0.25, 0.3) is 0 Å². The highest BCUT2D eigenvalue weighted by atomic mass is 16.4. The van der Waals surface area contributed by atoms with Crippen molar-refractivity contribution in [3.05, 3.63) is 35.4 Å². The van der Waals surface area contributed by atoms with E-state index >= 15 is 0 Å². The van der Waals surface area contributed by atoms with Crippen LogP contribution in [0.1, 0.15) is 71.3 Å². The Kier molecular flexibility index (Phi) is 5.58. The summed E-state index contributed by atoms with van der Waals surface area (Å²) in [4.78, 5) is 16.3. The summed E-state index contributed by atoms with van der Waals surface area (Å²) in [5.74, 6) is -1.26. The number of carbonyl (C=O) groups is 1. The number of carboxylic acid groups (broad SMARTS) is 1. The van der Waals surface area contributed by atoms with E-state index in [0.717, 1.165) is 0 Å². The number of nitrogens with zero attached hydrogens (tertiary/aromatic N) is 2. The predicted octanol–water partition coefficient (Wildman–Crippen LogP) is 2.19. The van der Waals surface area contributed by atoms with E-state index in [1.54, 1.807) is 18.2 Å². The SMILES string of the molecule is CC(C)N(C(C)C)C1N(C(C)C)C(C)(C)C1(O)c1ccccc1C(=O)[O-]. The zero-order valence-corrected chi connectivity index (χ0v) is 17.3. The lowest BCUT2D eigenvalue weighted by molar-refractivity contribution is -0.318. The number of benzene rings is 1. The number of carbonyl (C=O) groups excluding carboxylic acids is 1. The van der Waals surface area contributed by atoms with E-state index in [0.29, 0.717) is 5.56 Å². The molecule has 0 amide bonds. The molecule has 2 atom stereocenters. The zero-order chi connectivity index (χ0) is 20.0. The lowest BCUT2D eigenvalue weighted by Crippen LogP contribution is -2.86. The van der Waals surface area contributed by atoms with Gasteiger partial charge in [-0.1, -0.05) is 24.3 Å². The van der Waals surface area contributed by atoms with Crippen LogP contribution in [0.2, 0.25) is 0 Å². The number of aliphatic hydroxyl groups is 1. The van der Waals surface area contributed by atoms with E-state index in [1.807, 2.05) is 13.8 Å². The summed E-state index contributed by atoms with van der Waals surface area (Å²) in [5.41, 5.74) is -1.47. The molecule has 0 bridgehead atoms. The average molecular weight is 362 g/mol. The van der Waals surface area contributed by atoms with Crippen molar-refractivity contribution >= 4 is 5.97 Å². The van der Waals surface area contributed by atoms with Gasteiger partial charge in [-0.2, -0.15) is 0 Å². The Balaban J connectivity index is 2.72. The van der Waals surface area contributed by atoms with Gasteiger partial charge in [0.2, 0.25) is 0 Å². The maximum atomic E-state index is 12.0. The standard InChI is InChI=1S/C21H34N2O3/c1-13(2)22(14(3)4)19-21(26,20(7,8)23(19)15(5)6)17-12-10-9-11-16(17)18(24)25/h9-15,19,26H,1-8H3,(H,24,25)/p-1. The van der Waals surface area contributed by atoms with Crippen molar-refractivity contribution in [2.24, 2.45) is 0 Å². The molecule has 5 heteroatoms. The molecule has 2 unspecified atom stereocenters. The fourth-order valence-corrected chi connectivity index (χ4v) is 4.86. The van der Waals surface area contributed by atoms with Gasteiger partial charge in [-0.25, -0.2) is 0 Å². The monoisotopic (exact) mass is 361 g/mol. The Bertz CT molecular complexity index is 648. The van der Waals surface area contributed by atoms with Crippen LogP contribution in [0.3, 0.4) is 0 Å². The summed E-state index contributed by atoms with van der Waals surface area (Å²) in [6, 6.07) is 7.27. The van der Waals surface area contributed by atoms with Crippen molar-refractivity contribution in [2.75, 3.05) is 0 Å². The van der Waals surface area contributed by atoms with Gasteiger partial charge in [-0.3, -0.25) is 9.80 Å². The van der Waals surface area contributed by atoms with E-state index in [2.05, 4.69) is 51.3 Å². The molecule has 1 fully saturated rings. The van der Waals surface area contributed by atoms with Gasteiger partial charge in [0, 0.05) is 23.7 Å². The number of likely N-dealkylation sites (tertiary alicyclic amines) is 1. The Morgan fingerprint density at radius 3 is 2.04 bits per heavy atom. The number of rotatable bonds is 6. The van der Waals surface area contributed by atoms with Crippen molar-refractivity contribution in [1.29, 1.82) is 0 Å². The fourth-order valence-electron chi connectivity index (χ4n) is 4.86. The maximum absolute atomic E-state index is 12.0. The largest absolute Gasteiger partial charge is 0.545 e. The molecule has 1 aliphatic heterocycles. The van der Waals surface area contributed by atoms with Crippen LogP contribution in [0.4, 0.5) is 0 Å². The van der Waals surface area contributed by atoms with E-state index in [9.17, 15) is 15.0 Å². The van der Waals surface area contributed by atoms with Gasteiger partial charge in [0.05, 0.1) is 17.7 Å². The highest BCUT2D eigenvalue weighted by Crippen LogP contribution is 2.55. The quantitative estimate of drug-likeness (QED) is 0.841.